The van der Waals surface area contributed by atoms with Crippen LogP contribution in [0.3, 0.4) is 0 Å². The molecular formula is C25H27N3O2. The molecule has 2 atom stereocenters. The van der Waals surface area contributed by atoms with Crippen LogP contribution in [0.4, 0.5) is 5.82 Å². The molecule has 5 rings (SSSR count). The second-order valence-electron chi connectivity index (χ2n) is 8.31. The molecule has 5 nitrogen and oxygen atoms in total. The van der Waals surface area contributed by atoms with Gasteiger partial charge in [-0.15, -0.1) is 0 Å². The van der Waals surface area contributed by atoms with Gasteiger partial charge in [-0.1, -0.05) is 48.5 Å². The highest BCUT2D eigenvalue weighted by molar-refractivity contribution is 6.07. The van der Waals surface area contributed by atoms with Gasteiger partial charge in [0.15, 0.2) is 0 Å². The summed E-state index contributed by atoms with van der Waals surface area (Å²) in [6, 6.07) is 20.5. The first-order valence-electron chi connectivity index (χ1n) is 10.9. The van der Waals surface area contributed by atoms with Crippen LogP contribution in [0, 0.1) is 5.92 Å². The molecule has 2 heterocycles. The van der Waals surface area contributed by atoms with E-state index in [1.54, 1.807) is 0 Å². The predicted molar refractivity (Wildman–Crippen MR) is 119 cm³/mol. The number of aromatic nitrogens is 1. The van der Waals surface area contributed by atoms with Crippen molar-refractivity contribution in [2.45, 2.75) is 37.8 Å². The Morgan fingerprint density at radius 1 is 1.03 bits per heavy atom. The van der Waals surface area contributed by atoms with Gasteiger partial charge < -0.3 is 15.4 Å². The highest BCUT2D eigenvalue weighted by Gasteiger charge is 2.28. The minimum Gasteiger partial charge on any atom is -0.373 e. The summed E-state index contributed by atoms with van der Waals surface area (Å²) in [5.41, 5.74) is 2.75. The summed E-state index contributed by atoms with van der Waals surface area (Å²) in [6.07, 6.45) is 4.40. The molecule has 2 unspecified atom stereocenters. The van der Waals surface area contributed by atoms with Crippen LogP contribution < -0.4 is 10.6 Å². The fourth-order valence-corrected chi connectivity index (χ4v) is 4.24. The van der Waals surface area contributed by atoms with Gasteiger partial charge in [0.05, 0.1) is 17.2 Å². The number of nitrogens with one attached hydrogen (secondary N) is 2. The number of hydrogen-bond donors (Lipinski definition) is 2. The molecule has 1 aromatic heterocycles. The van der Waals surface area contributed by atoms with E-state index in [4.69, 9.17) is 9.72 Å². The Balaban J connectivity index is 1.37. The number of pyridine rings is 1. The lowest BCUT2D eigenvalue weighted by molar-refractivity contribution is -0.0238. The first-order chi connectivity index (χ1) is 14.8. The molecule has 154 valence electrons. The van der Waals surface area contributed by atoms with Gasteiger partial charge in [-0.2, -0.15) is 0 Å². The molecule has 1 amide bonds. The summed E-state index contributed by atoms with van der Waals surface area (Å²) < 4.78 is 6.12. The fraction of sp³-hybridized carbons (Fsp3) is 0.360. The quantitative estimate of drug-likeness (QED) is 0.628. The molecule has 0 spiro atoms. The first kappa shape index (κ1) is 19.1. The van der Waals surface area contributed by atoms with Crippen molar-refractivity contribution in [3.05, 3.63) is 71.8 Å². The molecule has 1 aliphatic heterocycles. The number of anilines is 1. The number of ether oxygens (including phenoxy) is 1. The minimum absolute atomic E-state index is 0.0117. The Morgan fingerprint density at radius 3 is 2.67 bits per heavy atom. The zero-order chi connectivity index (χ0) is 20.3. The molecule has 1 aliphatic carbocycles. The third-order valence-corrected chi connectivity index (χ3v) is 5.99. The summed E-state index contributed by atoms with van der Waals surface area (Å²) in [5.74, 6) is 1.09. The van der Waals surface area contributed by atoms with Crippen LogP contribution in [-0.4, -0.2) is 30.1 Å². The summed E-state index contributed by atoms with van der Waals surface area (Å²) >= 11 is 0. The molecule has 0 bridgehead atoms. The lowest BCUT2D eigenvalue weighted by Crippen LogP contribution is -2.29. The van der Waals surface area contributed by atoms with E-state index in [9.17, 15) is 4.79 Å². The van der Waals surface area contributed by atoms with Gasteiger partial charge in [0.2, 0.25) is 0 Å². The number of carbonyl (C=O) groups excluding carboxylic acids is 1. The van der Waals surface area contributed by atoms with Gasteiger partial charge in [-0.3, -0.25) is 4.79 Å². The summed E-state index contributed by atoms with van der Waals surface area (Å²) in [7, 11) is 0. The Hall–Kier alpha value is -2.92. The maximum Gasteiger partial charge on any atom is 0.252 e. The number of nitrogens with zero attached hydrogens (tertiary/aromatic N) is 1. The van der Waals surface area contributed by atoms with E-state index in [0.717, 1.165) is 55.6 Å². The van der Waals surface area contributed by atoms with Crippen molar-refractivity contribution in [3.8, 4) is 0 Å². The standard InChI is InChI=1S/C25H27N3O2/c29-25(27-19-12-13-19)21-15-23(28-22-11-5-4-10-20(21)22)26-16-18-9-6-14-30-24(18)17-7-2-1-3-8-17/h1-5,7-8,10-11,15,18-19,24H,6,9,12-14,16H2,(H,26,28)(H,27,29). The normalized spacial score (nSPS) is 21.3. The fourth-order valence-electron chi connectivity index (χ4n) is 4.24. The number of hydrogen-bond acceptors (Lipinski definition) is 4. The summed E-state index contributed by atoms with van der Waals surface area (Å²) in [4.78, 5) is 17.6. The lowest BCUT2D eigenvalue weighted by Gasteiger charge is -2.32. The number of para-hydroxylation sites is 1. The van der Waals surface area contributed by atoms with Gasteiger partial charge in [-0.25, -0.2) is 4.98 Å². The molecule has 1 saturated heterocycles. The van der Waals surface area contributed by atoms with Crippen molar-refractivity contribution in [1.29, 1.82) is 0 Å². The predicted octanol–water partition coefficient (Wildman–Crippen LogP) is 4.71. The zero-order valence-electron chi connectivity index (χ0n) is 17.0. The molecule has 2 aromatic carbocycles. The first-order valence-corrected chi connectivity index (χ1v) is 10.9. The van der Waals surface area contributed by atoms with Crippen molar-refractivity contribution in [3.63, 3.8) is 0 Å². The second-order valence-corrected chi connectivity index (χ2v) is 8.31. The average Bonchev–Trinajstić information content (AvgIpc) is 3.62. The third-order valence-electron chi connectivity index (χ3n) is 5.99. The number of carbonyl (C=O) groups is 1. The van der Waals surface area contributed by atoms with E-state index in [2.05, 4.69) is 34.9 Å². The monoisotopic (exact) mass is 401 g/mol. The van der Waals surface area contributed by atoms with Crippen LogP contribution in [0.2, 0.25) is 0 Å². The lowest BCUT2D eigenvalue weighted by atomic mass is 9.89. The highest BCUT2D eigenvalue weighted by atomic mass is 16.5. The Labute approximate surface area is 176 Å². The van der Waals surface area contributed by atoms with Gasteiger partial charge >= 0.3 is 0 Å². The van der Waals surface area contributed by atoms with Gasteiger partial charge in [0.25, 0.3) is 5.91 Å². The van der Waals surface area contributed by atoms with E-state index in [1.807, 2.05) is 36.4 Å². The largest absolute Gasteiger partial charge is 0.373 e. The van der Waals surface area contributed by atoms with Crippen molar-refractivity contribution in [2.75, 3.05) is 18.5 Å². The van der Waals surface area contributed by atoms with Crippen LogP contribution >= 0.6 is 0 Å². The molecular weight excluding hydrogens is 374 g/mol. The molecule has 3 aromatic rings. The summed E-state index contributed by atoms with van der Waals surface area (Å²) in [5, 5.41) is 7.50. The Kier molecular flexibility index (Phi) is 5.37. The minimum atomic E-state index is -0.0117. The topological polar surface area (TPSA) is 63.2 Å². The maximum atomic E-state index is 12.8. The maximum absolute atomic E-state index is 12.8. The van der Waals surface area contributed by atoms with Crippen LogP contribution in [-0.2, 0) is 4.74 Å². The smallest absolute Gasteiger partial charge is 0.252 e. The van der Waals surface area contributed by atoms with E-state index < -0.39 is 0 Å². The van der Waals surface area contributed by atoms with Crippen LogP contribution in [0.5, 0.6) is 0 Å². The molecule has 5 heteroatoms. The molecule has 2 N–H and O–H groups in total. The number of amides is 1. The highest BCUT2D eigenvalue weighted by Crippen LogP contribution is 2.34. The second kappa shape index (κ2) is 8.44. The Bertz CT molecular complexity index is 1030. The third kappa shape index (κ3) is 4.17. The van der Waals surface area contributed by atoms with E-state index in [1.165, 1.54) is 5.56 Å². The Morgan fingerprint density at radius 2 is 1.83 bits per heavy atom. The average molecular weight is 402 g/mol. The molecule has 2 aliphatic rings. The van der Waals surface area contributed by atoms with Crippen LogP contribution in [0.25, 0.3) is 10.9 Å². The van der Waals surface area contributed by atoms with E-state index in [0.29, 0.717) is 17.5 Å². The van der Waals surface area contributed by atoms with Crippen molar-refractivity contribution in [2.24, 2.45) is 5.92 Å². The van der Waals surface area contributed by atoms with Crippen molar-refractivity contribution in [1.82, 2.24) is 10.3 Å². The molecule has 1 saturated carbocycles. The van der Waals surface area contributed by atoms with Crippen molar-refractivity contribution < 1.29 is 9.53 Å². The molecule has 0 radical (unpaired) electrons. The molecule has 30 heavy (non-hydrogen) atoms. The number of rotatable bonds is 6. The molecule has 2 fully saturated rings. The van der Waals surface area contributed by atoms with Crippen LogP contribution in [0.1, 0.15) is 47.7 Å². The van der Waals surface area contributed by atoms with E-state index in [-0.39, 0.29) is 12.0 Å². The number of benzene rings is 2. The SMILES string of the molecule is O=C(NC1CC1)c1cc(NCC2CCCOC2c2ccccc2)nc2ccccc12. The van der Waals surface area contributed by atoms with E-state index >= 15 is 0 Å². The van der Waals surface area contributed by atoms with Gasteiger partial charge in [0.1, 0.15) is 5.82 Å². The van der Waals surface area contributed by atoms with Gasteiger partial charge in [0, 0.05) is 30.5 Å². The summed E-state index contributed by atoms with van der Waals surface area (Å²) in [6.45, 7) is 1.56. The van der Waals surface area contributed by atoms with Gasteiger partial charge in [-0.05, 0) is 43.4 Å². The zero-order valence-corrected chi connectivity index (χ0v) is 17.0. The number of fused-ring (bicyclic) bond motifs is 1. The van der Waals surface area contributed by atoms with Crippen molar-refractivity contribution >= 4 is 22.6 Å². The van der Waals surface area contributed by atoms with Crippen LogP contribution in [0.15, 0.2) is 60.7 Å².